The molecule has 1 heterocycles. The SMILES string of the molecule is CCn1cnnc1-c1ccccc1NC(=O)NCCC(=O)O. The minimum atomic E-state index is -0.961. The maximum absolute atomic E-state index is 11.8. The van der Waals surface area contributed by atoms with Crippen LogP contribution in [0.25, 0.3) is 11.4 Å². The van der Waals surface area contributed by atoms with Gasteiger partial charge in [0.2, 0.25) is 0 Å². The number of carbonyl (C=O) groups excluding carboxylic acids is 1. The third kappa shape index (κ3) is 3.81. The molecule has 0 aliphatic heterocycles. The number of nitrogens with zero attached hydrogens (tertiary/aromatic N) is 3. The number of carboxylic acids is 1. The molecule has 2 amide bonds. The minimum Gasteiger partial charge on any atom is -0.481 e. The predicted molar refractivity (Wildman–Crippen MR) is 80.4 cm³/mol. The van der Waals surface area contributed by atoms with Crippen molar-refractivity contribution in [2.75, 3.05) is 11.9 Å². The van der Waals surface area contributed by atoms with E-state index in [0.29, 0.717) is 18.1 Å². The molecule has 0 spiro atoms. The number of aromatic nitrogens is 3. The number of amides is 2. The van der Waals surface area contributed by atoms with Gasteiger partial charge in [-0.25, -0.2) is 4.79 Å². The van der Waals surface area contributed by atoms with Gasteiger partial charge < -0.3 is 20.3 Å². The number of rotatable bonds is 6. The molecule has 22 heavy (non-hydrogen) atoms. The van der Waals surface area contributed by atoms with E-state index in [1.54, 1.807) is 18.5 Å². The molecule has 2 aromatic rings. The lowest BCUT2D eigenvalue weighted by Crippen LogP contribution is -2.30. The van der Waals surface area contributed by atoms with Crippen LogP contribution in [0.1, 0.15) is 13.3 Å². The lowest BCUT2D eigenvalue weighted by atomic mass is 10.1. The molecule has 0 fully saturated rings. The van der Waals surface area contributed by atoms with Gasteiger partial charge in [0.25, 0.3) is 0 Å². The maximum Gasteiger partial charge on any atom is 0.319 e. The first kappa shape index (κ1) is 15.5. The van der Waals surface area contributed by atoms with Crippen molar-refractivity contribution in [3.63, 3.8) is 0 Å². The summed E-state index contributed by atoms with van der Waals surface area (Å²) in [5.74, 6) is -0.305. The first-order valence-electron chi connectivity index (χ1n) is 6.85. The molecule has 1 aromatic carbocycles. The molecule has 0 saturated carbocycles. The Bertz CT molecular complexity index is 668. The number of urea groups is 1. The first-order valence-corrected chi connectivity index (χ1v) is 6.85. The molecule has 0 unspecified atom stereocenters. The Morgan fingerprint density at radius 3 is 2.82 bits per heavy atom. The number of nitrogens with one attached hydrogen (secondary N) is 2. The number of aliphatic carboxylic acids is 1. The lowest BCUT2D eigenvalue weighted by molar-refractivity contribution is -0.136. The van der Waals surface area contributed by atoms with E-state index in [-0.39, 0.29) is 13.0 Å². The highest BCUT2D eigenvalue weighted by Crippen LogP contribution is 2.25. The minimum absolute atomic E-state index is 0.0640. The van der Waals surface area contributed by atoms with Gasteiger partial charge in [-0.1, -0.05) is 12.1 Å². The average Bonchev–Trinajstić information content (AvgIpc) is 2.95. The Morgan fingerprint density at radius 2 is 2.09 bits per heavy atom. The van der Waals surface area contributed by atoms with Crippen LogP contribution < -0.4 is 10.6 Å². The zero-order valence-electron chi connectivity index (χ0n) is 12.1. The summed E-state index contributed by atoms with van der Waals surface area (Å²) in [6, 6.07) is 6.76. The summed E-state index contributed by atoms with van der Waals surface area (Å²) in [7, 11) is 0. The van der Waals surface area contributed by atoms with Crippen molar-refractivity contribution in [2.45, 2.75) is 19.9 Å². The average molecular weight is 303 g/mol. The number of hydrogen-bond acceptors (Lipinski definition) is 4. The molecular formula is C14H17N5O3. The highest BCUT2D eigenvalue weighted by Gasteiger charge is 2.12. The van der Waals surface area contributed by atoms with E-state index in [1.807, 2.05) is 23.6 Å². The standard InChI is InChI=1S/C14H17N5O3/c1-2-19-9-16-18-13(19)10-5-3-4-6-11(10)17-14(22)15-8-7-12(20)21/h3-6,9H,2,7-8H2,1H3,(H,20,21)(H2,15,17,22). The van der Waals surface area contributed by atoms with Crippen LogP contribution in [0.3, 0.4) is 0 Å². The van der Waals surface area contributed by atoms with Crippen molar-refractivity contribution >= 4 is 17.7 Å². The van der Waals surface area contributed by atoms with Crippen LogP contribution in [-0.2, 0) is 11.3 Å². The fraction of sp³-hybridized carbons (Fsp3) is 0.286. The Morgan fingerprint density at radius 1 is 1.32 bits per heavy atom. The van der Waals surface area contributed by atoms with Crippen molar-refractivity contribution in [3.8, 4) is 11.4 Å². The van der Waals surface area contributed by atoms with Gasteiger partial charge in [0, 0.05) is 18.7 Å². The summed E-state index contributed by atoms with van der Waals surface area (Å²) in [6.07, 6.45) is 1.50. The van der Waals surface area contributed by atoms with Gasteiger partial charge >= 0.3 is 12.0 Å². The molecule has 0 saturated heterocycles. The zero-order valence-corrected chi connectivity index (χ0v) is 12.1. The number of anilines is 1. The second kappa shape index (κ2) is 7.21. The summed E-state index contributed by atoms with van der Waals surface area (Å²) in [5, 5.41) is 21.7. The summed E-state index contributed by atoms with van der Waals surface area (Å²) < 4.78 is 1.86. The molecule has 0 aliphatic rings. The molecular weight excluding hydrogens is 286 g/mol. The normalized spacial score (nSPS) is 10.2. The zero-order chi connectivity index (χ0) is 15.9. The Labute approximate surface area is 127 Å². The first-order chi connectivity index (χ1) is 10.6. The molecule has 8 heteroatoms. The van der Waals surface area contributed by atoms with Crippen LogP contribution in [0.2, 0.25) is 0 Å². The lowest BCUT2D eigenvalue weighted by Gasteiger charge is -2.11. The van der Waals surface area contributed by atoms with E-state index in [1.165, 1.54) is 0 Å². The van der Waals surface area contributed by atoms with Crippen LogP contribution in [0.15, 0.2) is 30.6 Å². The van der Waals surface area contributed by atoms with Crippen molar-refractivity contribution in [2.24, 2.45) is 0 Å². The highest BCUT2D eigenvalue weighted by molar-refractivity contribution is 5.93. The third-order valence-electron chi connectivity index (χ3n) is 3.00. The predicted octanol–water partition coefficient (Wildman–Crippen LogP) is 1.56. The molecule has 116 valence electrons. The second-order valence-electron chi connectivity index (χ2n) is 4.51. The van der Waals surface area contributed by atoms with Crippen molar-refractivity contribution in [3.05, 3.63) is 30.6 Å². The summed E-state index contributed by atoms with van der Waals surface area (Å²) in [5.41, 5.74) is 1.33. The van der Waals surface area contributed by atoms with Gasteiger partial charge in [-0.15, -0.1) is 10.2 Å². The van der Waals surface area contributed by atoms with Gasteiger partial charge in [-0.2, -0.15) is 0 Å². The fourth-order valence-corrected chi connectivity index (χ4v) is 1.93. The number of hydrogen-bond donors (Lipinski definition) is 3. The van der Waals surface area contributed by atoms with Crippen LogP contribution >= 0.6 is 0 Å². The van der Waals surface area contributed by atoms with Gasteiger partial charge in [0.15, 0.2) is 5.82 Å². The largest absolute Gasteiger partial charge is 0.481 e. The van der Waals surface area contributed by atoms with E-state index in [4.69, 9.17) is 5.11 Å². The maximum atomic E-state index is 11.8. The third-order valence-corrected chi connectivity index (χ3v) is 3.00. The summed E-state index contributed by atoms with van der Waals surface area (Å²) in [6.45, 7) is 2.75. The van der Waals surface area contributed by atoms with E-state index < -0.39 is 12.0 Å². The van der Waals surface area contributed by atoms with E-state index in [9.17, 15) is 9.59 Å². The second-order valence-corrected chi connectivity index (χ2v) is 4.51. The van der Waals surface area contributed by atoms with Gasteiger partial charge in [-0.3, -0.25) is 4.79 Å². The number of para-hydroxylation sites is 1. The number of aryl methyl sites for hydroxylation is 1. The van der Waals surface area contributed by atoms with Crippen LogP contribution in [0.5, 0.6) is 0 Å². The molecule has 0 aliphatic carbocycles. The van der Waals surface area contributed by atoms with E-state index in [0.717, 1.165) is 5.56 Å². The summed E-state index contributed by atoms with van der Waals surface area (Å²) in [4.78, 5) is 22.2. The quantitative estimate of drug-likeness (QED) is 0.750. The molecule has 2 rings (SSSR count). The van der Waals surface area contributed by atoms with Gasteiger partial charge in [0.1, 0.15) is 6.33 Å². The molecule has 3 N–H and O–H groups in total. The van der Waals surface area contributed by atoms with Gasteiger partial charge in [-0.05, 0) is 19.1 Å². The molecule has 0 radical (unpaired) electrons. The number of carboxylic acid groups (broad SMARTS) is 1. The van der Waals surface area contributed by atoms with Crippen LogP contribution in [0, 0.1) is 0 Å². The van der Waals surface area contributed by atoms with Crippen molar-refractivity contribution < 1.29 is 14.7 Å². The number of carbonyl (C=O) groups is 2. The number of benzene rings is 1. The van der Waals surface area contributed by atoms with Crippen molar-refractivity contribution in [1.82, 2.24) is 20.1 Å². The van der Waals surface area contributed by atoms with Crippen LogP contribution in [0.4, 0.5) is 10.5 Å². The summed E-state index contributed by atoms with van der Waals surface area (Å²) >= 11 is 0. The monoisotopic (exact) mass is 303 g/mol. The molecule has 0 bridgehead atoms. The molecule has 8 nitrogen and oxygen atoms in total. The Balaban J connectivity index is 2.12. The molecule has 1 aromatic heterocycles. The topological polar surface area (TPSA) is 109 Å². The van der Waals surface area contributed by atoms with Gasteiger partial charge in [0.05, 0.1) is 12.1 Å². The molecule has 0 atom stereocenters. The fourth-order valence-electron chi connectivity index (χ4n) is 1.93. The van der Waals surface area contributed by atoms with E-state index >= 15 is 0 Å². The Hall–Kier alpha value is -2.90. The van der Waals surface area contributed by atoms with Crippen molar-refractivity contribution in [1.29, 1.82) is 0 Å². The smallest absolute Gasteiger partial charge is 0.319 e. The van der Waals surface area contributed by atoms with Crippen LogP contribution in [-0.4, -0.2) is 38.4 Å². The Kier molecular flexibility index (Phi) is 5.07. The highest BCUT2D eigenvalue weighted by atomic mass is 16.4. The van der Waals surface area contributed by atoms with E-state index in [2.05, 4.69) is 20.8 Å².